The Bertz CT molecular complexity index is 496. The molecule has 0 atom stereocenters. The van der Waals surface area contributed by atoms with Crippen molar-refractivity contribution < 1.29 is 9.84 Å². The summed E-state index contributed by atoms with van der Waals surface area (Å²) in [5, 5.41) is 8.63. The lowest BCUT2D eigenvalue weighted by Gasteiger charge is -2.08. The van der Waals surface area contributed by atoms with Crippen LogP contribution in [0.5, 0.6) is 0 Å². The first-order valence-electron chi connectivity index (χ1n) is 5.87. The van der Waals surface area contributed by atoms with Crippen molar-refractivity contribution in [2.24, 2.45) is 0 Å². The zero-order valence-electron chi connectivity index (χ0n) is 10.1. The molecule has 96 valence electrons. The lowest BCUT2D eigenvalue weighted by Crippen LogP contribution is -2.09. The number of imidazole rings is 1. The molecule has 1 aromatic carbocycles. The maximum Gasteiger partial charge on any atom is 0.140 e. The number of benzene rings is 1. The number of nitrogens with zero attached hydrogens (tertiary/aromatic N) is 2. The normalized spacial score (nSPS) is 10.7. The molecule has 0 spiro atoms. The van der Waals surface area contributed by atoms with Crippen LogP contribution in [0.25, 0.3) is 11.4 Å². The Labute approximate surface area is 106 Å². The van der Waals surface area contributed by atoms with E-state index in [2.05, 4.69) is 4.98 Å². The molecule has 1 aromatic heterocycles. The van der Waals surface area contributed by atoms with Gasteiger partial charge in [-0.1, -0.05) is 12.1 Å². The molecule has 0 bridgehead atoms. The molecule has 0 unspecified atom stereocenters. The van der Waals surface area contributed by atoms with Gasteiger partial charge in [0.2, 0.25) is 0 Å². The highest BCUT2D eigenvalue weighted by Crippen LogP contribution is 2.19. The molecule has 2 aromatic rings. The van der Waals surface area contributed by atoms with Gasteiger partial charge in [0.05, 0.1) is 19.8 Å². The number of nitrogens with two attached hydrogens (primary N) is 1. The molecular formula is C13H17N3O2. The quantitative estimate of drug-likeness (QED) is 0.593. The number of aliphatic hydroxyl groups excluding tert-OH is 1. The van der Waals surface area contributed by atoms with Crippen molar-refractivity contribution in [2.75, 3.05) is 25.6 Å². The first kappa shape index (κ1) is 12.6. The van der Waals surface area contributed by atoms with Crippen LogP contribution in [0, 0.1) is 0 Å². The van der Waals surface area contributed by atoms with E-state index in [9.17, 15) is 0 Å². The van der Waals surface area contributed by atoms with Crippen molar-refractivity contribution in [1.29, 1.82) is 0 Å². The fourth-order valence-corrected chi connectivity index (χ4v) is 1.76. The number of aromatic nitrogens is 2. The monoisotopic (exact) mass is 247 g/mol. The van der Waals surface area contributed by atoms with Crippen LogP contribution in [0.1, 0.15) is 0 Å². The maximum absolute atomic E-state index is 8.63. The van der Waals surface area contributed by atoms with Crippen LogP contribution >= 0.6 is 0 Å². The van der Waals surface area contributed by atoms with Crippen LogP contribution in [0.2, 0.25) is 0 Å². The maximum atomic E-state index is 8.63. The van der Waals surface area contributed by atoms with Crippen molar-refractivity contribution >= 4 is 5.69 Å². The molecule has 5 heteroatoms. The predicted octanol–water partition coefficient (Wildman–Crippen LogP) is 1.14. The number of aliphatic hydroxyl groups is 1. The molecule has 0 aliphatic carbocycles. The molecule has 5 nitrogen and oxygen atoms in total. The zero-order valence-corrected chi connectivity index (χ0v) is 10.1. The Morgan fingerprint density at radius 2 is 2.22 bits per heavy atom. The average Bonchev–Trinajstić information content (AvgIpc) is 2.83. The first-order valence-corrected chi connectivity index (χ1v) is 5.87. The van der Waals surface area contributed by atoms with E-state index in [0.717, 1.165) is 17.1 Å². The van der Waals surface area contributed by atoms with E-state index in [1.54, 1.807) is 6.20 Å². The molecule has 1 heterocycles. The van der Waals surface area contributed by atoms with E-state index in [1.165, 1.54) is 0 Å². The van der Waals surface area contributed by atoms with Gasteiger partial charge >= 0.3 is 0 Å². The fraction of sp³-hybridized carbons (Fsp3) is 0.308. The third-order valence-electron chi connectivity index (χ3n) is 2.57. The summed E-state index contributed by atoms with van der Waals surface area (Å²) in [5.41, 5.74) is 7.47. The Balaban J connectivity index is 2.08. The first-order chi connectivity index (χ1) is 8.81. The van der Waals surface area contributed by atoms with Crippen LogP contribution in [0.3, 0.4) is 0 Å². The second-order valence-corrected chi connectivity index (χ2v) is 3.91. The number of anilines is 1. The van der Waals surface area contributed by atoms with Crippen LogP contribution in [-0.2, 0) is 11.3 Å². The smallest absolute Gasteiger partial charge is 0.140 e. The minimum Gasteiger partial charge on any atom is -0.399 e. The van der Waals surface area contributed by atoms with Gasteiger partial charge in [-0.05, 0) is 12.1 Å². The molecule has 0 aliphatic rings. The Kier molecular flexibility index (Phi) is 4.33. The van der Waals surface area contributed by atoms with Crippen molar-refractivity contribution in [3.8, 4) is 11.4 Å². The Morgan fingerprint density at radius 3 is 3.00 bits per heavy atom. The molecule has 0 radical (unpaired) electrons. The third kappa shape index (κ3) is 3.09. The van der Waals surface area contributed by atoms with Gasteiger partial charge in [0, 0.05) is 30.2 Å². The van der Waals surface area contributed by atoms with Crippen molar-refractivity contribution in [3.05, 3.63) is 36.7 Å². The van der Waals surface area contributed by atoms with E-state index in [0.29, 0.717) is 19.8 Å². The molecule has 0 aliphatic heterocycles. The summed E-state index contributed by atoms with van der Waals surface area (Å²) in [7, 11) is 0. The Morgan fingerprint density at radius 1 is 1.33 bits per heavy atom. The highest BCUT2D eigenvalue weighted by Gasteiger charge is 2.05. The van der Waals surface area contributed by atoms with Crippen LogP contribution in [0.4, 0.5) is 5.69 Å². The standard InChI is InChI=1S/C13H17N3O2/c14-12-3-1-2-11(10-12)13-15-4-5-16(13)6-8-18-9-7-17/h1-5,10,17H,6-9,14H2. The third-order valence-corrected chi connectivity index (χ3v) is 2.57. The summed E-state index contributed by atoms with van der Waals surface area (Å²) >= 11 is 0. The van der Waals surface area contributed by atoms with E-state index < -0.39 is 0 Å². The van der Waals surface area contributed by atoms with E-state index >= 15 is 0 Å². The van der Waals surface area contributed by atoms with Crippen LogP contribution in [0.15, 0.2) is 36.7 Å². The summed E-state index contributed by atoms with van der Waals surface area (Å²) in [4.78, 5) is 4.33. The van der Waals surface area contributed by atoms with Gasteiger partial charge in [0.25, 0.3) is 0 Å². The Hall–Kier alpha value is -1.85. The lowest BCUT2D eigenvalue weighted by atomic mass is 10.2. The summed E-state index contributed by atoms with van der Waals surface area (Å²) in [6.45, 7) is 1.66. The van der Waals surface area contributed by atoms with Crippen LogP contribution < -0.4 is 5.73 Å². The number of nitrogen functional groups attached to an aromatic ring is 1. The van der Waals surface area contributed by atoms with Gasteiger partial charge in [-0.15, -0.1) is 0 Å². The molecule has 0 saturated carbocycles. The topological polar surface area (TPSA) is 73.3 Å². The number of hydrogen-bond donors (Lipinski definition) is 2. The fourth-order valence-electron chi connectivity index (χ4n) is 1.76. The number of ether oxygens (including phenoxy) is 1. The summed E-state index contributed by atoms with van der Waals surface area (Å²) in [6.07, 6.45) is 3.66. The molecular weight excluding hydrogens is 230 g/mol. The minimum atomic E-state index is 0.0476. The van der Waals surface area contributed by atoms with Gasteiger partial charge in [0.15, 0.2) is 0 Å². The molecule has 18 heavy (non-hydrogen) atoms. The highest BCUT2D eigenvalue weighted by molar-refractivity contribution is 5.61. The summed E-state index contributed by atoms with van der Waals surface area (Å²) < 4.78 is 7.25. The van der Waals surface area contributed by atoms with Crippen LogP contribution in [-0.4, -0.2) is 34.5 Å². The number of hydrogen-bond acceptors (Lipinski definition) is 4. The lowest BCUT2D eigenvalue weighted by molar-refractivity contribution is 0.0872. The minimum absolute atomic E-state index is 0.0476. The number of rotatable bonds is 6. The molecule has 3 N–H and O–H groups in total. The van der Waals surface area contributed by atoms with Gasteiger partial charge < -0.3 is 20.1 Å². The van der Waals surface area contributed by atoms with E-state index in [4.69, 9.17) is 15.6 Å². The van der Waals surface area contributed by atoms with Gasteiger partial charge in [-0.3, -0.25) is 0 Å². The average molecular weight is 247 g/mol. The van der Waals surface area contributed by atoms with Gasteiger partial charge in [-0.25, -0.2) is 4.98 Å². The predicted molar refractivity (Wildman–Crippen MR) is 70.0 cm³/mol. The van der Waals surface area contributed by atoms with Crippen molar-refractivity contribution in [2.45, 2.75) is 6.54 Å². The molecule has 0 saturated heterocycles. The second kappa shape index (κ2) is 6.18. The SMILES string of the molecule is Nc1cccc(-c2nccn2CCOCCO)c1. The van der Waals surface area contributed by atoms with Crippen molar-refractivity contribution in [1.82, 2.24) is 9.55 Å². The molecule has 2 rings (SSSR count). The summed E-state index contributed by atoms with van der Waals surface area (Å²) in [5.74, 6) is 0.870. The second-order valence-electron chi connectivity index (χ2n) is 3.91. The van der Waals surface area contributed by atoms with Crippen molar-refractivity contribution in [3.63, 3.8) is 0 Å². The van der Waals surface area contributed by atoms with Gasteiger partial charge in [0.1, 0.15) is 5.82 Å². The highest BCUT2D eigenvalue weighted by atomic mass is 16.5. The largest absolute Gasteiger partial charge is 0.399 e. The molecule has 0 fully saturated rings. The zero-order chi connectivity index (χ0) is 12.8. The van der Waals surface area contributed by atoms with Gasteiger partial charge in [-0.2, -0.15) is 0 Å². The van der Waals surface area contributed by atoms with E-state index in [-0.39, 0.29) is 6.61 Å². The summed E-state index contributed by atoms with van der Waals surface area (Å²) in [6, 6.07) is 7.63. The van der Waals surface area contributed by atoms with E-state index in [1.807, 2.05) is 35.0 Å². The molecule has 0 amide bonds.